The Balaban J connectivity index is 1.76. The summed E-state index contributed by atoms with van der Waals surface area (Å²) in [5.41, 5.74) is 0.697. The summed E-state index contributed by atoms with van der Waals surface area (Å²) in [5.74, 6) is 1.45. The molecule has 1 aliphatic rings. The van der Waals surface area contributed by atoms with Crippen molar-refractivity contribution in [2.45, 2.75) is 65.9 Å². The molecule has 1 amide bonds. The summed E-state index contributed by atoms with van der Waals surface area (Å²) < 4.78 is 5.54. The van der Waals surface area contributed by atoms with E-state index in [2.05, 4.69) is 32.5 Å². The van der Waals surface area contributed by atoms with Crippen molar-refractivity contribution in [3.63, 3.8) is 0 Å². The van der Waals surface area contributed by atoms with Crippen molar-refractivity contribution in [3.8, 4) is 0 Å². The van der Waals surface area contributed by atoms with Crippen LogP contribution in [-0.4, -0.2) is 72.2 Å². The number of rotatable bonds is 7. The number of guanidine groups is 1. The van der Waals surface area contributed by atoms with Gasteiger partial charge >= 0.3 is 6.09 Å². The third kappa shape index (κ3) is 7.78. The SMILES string of the molecule is CCc1nc(CCNC(=NC)N2CCC(CN(CC)C(=O)OC(C)(C)C)CC2)cs1. The van der Waals surface area contributed by atoms with E-state index < -0.39 is 5.60 Å². The molecule has 0 radical (unpaired) electrons. The number of amides is 1. The van der Waals surface area contributed by atoms with Gasteiger partial charge < -0.3 is 19.9 Å². The number of hydrogen-bond acceptors (Lipinski definition) is 5. The first-order valence-corrected chi connectivity index (χ1v) is 12.0. The van der Waals surface area contributed by atoms with Crippen LogP contribution in [0.3, 0.4) is 0 Å². The lowest BCUT2D eigenvalue weighted by Crippen LogP contribution is -2.48. The van der Waals surface area contributed by atoms with Crippen molar-refractivity contribution in [2.75, 3.05) is 39.8 Å². The Morgan fingerprint density at radius 3 is 2.60 bits per heavy atom. The Bertz CT molecular complexity index is 690. The molecule has 7 nitrogen and oxygen atoms in total. The molecule has 1 fully saturated rings. The molecule has 2 heterocycles. The summed E-state index contributed by atoms with van der Waals surface area (Å²) in [6, 6.07) is 0. The number of hydrogen-bond donors (Lipinski definition) is 1. The fraction of sp³-hybridized carbons (Fsp3) is 0.773. The number of aliphatic imine (C=N–C) groups is 1. The number of carbonyl (C=O) groups is 1. The average molecular weight is 438 g/mol. The van der Waals surface area contributed by atoms with Gasteiger partial charge in [-0.15, -0.1) is 11.3 Å². The number of thiazole rings is 1. The summed E-state index contributed by atoms with van der Waals surface area (Å²) in [7, 11) is 1.84. The van der Waals surface area contributed by atoms with Crippen molar-refractivity contribution in [2.24, 2.45) is 10.9 Å². The van der Waals surface area contributed by atoms with Gasteiger partial charge in [-0.05, 0) is 52.9 Å². The van der Waals surface area contributed by atoms with E-state index >= 15 is 0 Å². The van der Waals surface area contributed by atoms with Gasteiger partial charge in [0.25, 0.3) is 0 Å². The molecule has 2 rings (SSSR count). The molecule has 0 spiro atoms. The summed E-state index contributed by atoms with van der Waals surface area (Å²) in [6.07, 6.45) is 3.79. The first-order valence-electron chi connectivity index (χ1n) is 11.1. The zero-order chi connectivity index (χ0) is 22.1. The van der Waals surface area contributed by atoms with Gasteiger partial charge in [-0.3, -0.25) is 4.99 Å². The van der Waals surface area contributed by atoms with E-state index in [0.717, 1.165) is 63.5 Å². The zero-order valence-corrected chi connectivity index (χ0v) is 20.3. The minimum atomic E-state index is -0.456. The Hall–Kier alpha value is -1.83. The second kappa shape index (κ2) is 11.5. The van der Waals surface area contributed by atoms with Crippen LogP contribution in [0.2, 0.25) is 0 Å². The minimum Gasteiger partial charge on any atom is -0.444 e. The molecule has 1 aromatic rings. The highest BCUT2D eigenvalue weighted by atomic mass is 32.1. The number of aryl methyl sites for hydroxylation is 1. The number of piperidine rings is 1. The smallest absolute Gasteiger partial charge is 0.410 e. The Morgan fingerprint density at radius 2 is 2.07 bits per heavy atom. The molecule has 30 heavy (non-hydrogen) atoms. The maximum absolute atomic E-state index is 12.4. The van der Waals surface area contributed by atoms with Crippen molar-refractivity contribution in [3.05, 3.63) is 16.1 Å². The van der Waals surface area contributed by atoms with Crippen molar-refractivity contribution >= 4 is 23.4 Å². The molecule has 1 N–H and O–H groups in total. The van der Waals surface area contributed by atoms with Gasteiger partial charge in [0.1, 0.15) is 5.60 Å². The number of aromatic nitrogens is 1. The molecule has 0 atom stereocenters. The van der Waals surface area contributed by atoms with Crippen LogP contribution in [-0.2, 0) is 17.6 Å². The number of nitrogens with zero attached hydrogens (tertiary/aromatic N) is 4. The van der Waals surface area contributed by atoms with Gasteiger partial charge in [-0.25, -0.2) is 9.78 Å². The Morgan fingerprint density at radius 1 is 1.37 bits per heavy atom. The fourth-order valence-electron chi connectivity index (χ4n) is 3.56. The number of nitrogens with one attached hydrogen (secondary N) is 1. The Labute approximate surface area is 185 Å². The van der Waals surface area contributed by atoms with Crippen LogP contribution in [0.1, 0.15) is 58.2 Å². The molecule has 1 saturated heterocycles. The fourth-order valence-corrected chi connectivity index (χ4v) is 4.34. The number of likely N-dealkylation sites (tertiary alicyclic amines) is 1. The lowest BCUT2D eigenvalue weighted by atomic mass is 9.96. The van der Waals surface area contributed by atoms with Gasteiger partial charge in [0.15, 0.2) is 5.96 Å². The van der Waals surface area contributed by atoms with E-state index in [1.165, 1.54) is 5.01 Å². The third-order valence-electron chi connectivity index (χ3n) is 5.20. The molecule has 0 bridgehead atoms. The average Bonchev–Trinajstić information content (AvgIpc) is 3.16. The van der Waals surface area contributed by atoms with Gasteiger partial charge in [0.2, 0.25) is 0 Å². The van der Waals surface area contributed by atoms with Crippen LogP contribution in [0.5, 0.6) is 0 Å². The molecule has 0 aromatic carbocycles. The lowest BCUT2D eigenvalue weighted by Gasteiger charge is -2.36. The highest BCUT2D eigenvalue weighted by Crippen LogP contribution is 2.20. The molecule has 8 heteroatoms. The van der Waals surface area contributed by atoms with Gasteiger partial charge in [0.05, 0.1) is 10.7 Å². The van der Waals surface area contributed by atoms with Gasteiger partial charge in [0, 0.05) is 51.6 Å². The molecule has 1 aromatic heterocycles. The predicted octanol–water partition coefficient (Wildman–Crippen LogP) is 3.79. The summed E-state index contributed by atoms with van der Waals surface area (Å²) >= 11 is 1.74. The molecule has 0 saturated carbocycles. The van der Waals surface area contributed by atoms with Crippen LogP contribution in [0.4, 0.5) is 4.79 Å². The maximum Gasteiger partial charge on any atom is 0.410 e. The van der Waals surface area contributed by atoms with Gasteiger partial charge in [-0.2, -0.15) is 0 Å². The van der Waals surface area contributed by atoms with Gasteiger partial charge in [-0.1, -0.05) is 6.92 Å². The van der Waals surface area contributed by atoms with Crippen molar-refractivity contribution in [1.82, 2.24) is 20.1 Å². The van der Waals surface area contributed by atoms with Crippen LogP contribution < -0.4 is 5.32 Å². The summed E-state index contributed by atoms with van der Waals surface area (Å²) in [4.78, 5) is 25.6. The lowest BCUT2D eigenvalue weighted by molar-refractivity contribution is 0.0214. The summed E-state index contributed by atoms with van der Waals surface area (Å²) in [6.45, 7) is 14.0. The summed E-state index contributed by atoms with van der Waals surface area (Å²) in [5, 5.41) is 6.83. The predicted molar refractivity (Wildman–Crippen MR) is 124 cm³/mol. The molecular weight excluding hydrogens is 398 g/mol. The monoisotopic (exact) mass is 437 g/mol. The van der Waals surface area contributed by atoms with E-state index in [0.29, 0.717) is 12.5 Å². The van der Waals surface area contributed by atoms with E-state index in [1.54, 1.807) is 11.3 Å². The quantitative estimate of drug-likeness (QED) is 0.519. The van der Waals surface area contributed by atoms with Crippen molar-refractivity contribution in [1.29, 1.82) is 0 Å². The Kier molecular flexibility index (Phi) is 9.39. The van der Waals surface area contributed by atoms with Crippen LogP contribution >= 0.6 is 11.3 Å². The van der Waals surface area contributed by atoms with Crippen LogP contribution in [0.15, 0.2) is 10.4 Å². The second-order valence-corrected chi connectivity index (χ2v) is 9.70. The number of carbonyl (C=O) groups excluding carboxylic acids is 1. The van der Waals surface area contributed by atoms with Crippen LogP contribution in [0.25, 0.3) is 0 Å². The van der Waals surface area contributed by atoms with E-state index in [4.69, 9.17) is 4.74 Å². The minimum absolute atomic E-state index is 0.210. The van der Waals surface area contributed by atoms with Crippen molar-refractivity contribution < 1.29 is 9.53 Å². The number of ether oxygens (including phenoxy) is 1. The highest BCUT2D eigenvalue weighted by molar-refractivity contribution is 7.09. The first kappa shape index (κ1) is 24.4. The van der Waals surface area contributed by atoms with Crippen LogP contribution in [0, 0.1) is 5.92 Å². The molecule has 0 aliphatic carbocycles. The maximum atomic E-state index is 12.4. The van der Waals surface area contributed by atoms with E-state index in [-0.39, 0.29) is 6.09 Å². The normalized spacial score (nSPS) is 15.9. The standard InChI is InChI=1S/C22H39N5O2S/c1-7-19-25-18(16-30-19)9-12-24-20(23-6)27-13-10-17(11-14-27)15-26(8-2)21(28)29-22(3,4)5/h16-17H,7-15H2,1-6H3,(H,23,24). The highest BCUT2D eigenvalue weighted by Gasteiger charge is 2.27. The first-order chi connectivity index (χ1) is 14.3. The topological polar surface area (TPSA) is 70.1 Å². The van der Waals surface area contributed by atoms with E-state index in [9.17, 15) is 4.79 Å². The molecule has 0 unspecified atom stereocenters. The molecule has 170 valence electrons. The van der Waals surface area contributed by atoms with E-state index in [1.807, 2.05) is 39.6 Å². The second-order valence-electron chi connectivity index (χ2n) is 8.76. The largest absolute Gasteiger partial charge is 0.444 e. The molecule has 1 aliphatic heterocycles. The zero-order valence-electron chi connectivity index (χ0n) is 19.5. The molecular formula is C22H39N5O2S. The third-order valence-corrected chi connectivity index (χ3v) is 6.25.